The average Bonchev–Trinajstić information content (AvgIpc) is 3.10. The minimum Gasteiger partial charge on any atom is -0.354 e. The molecule has 1 amide bonds. The lowest BCUT2D eigenvalue weighted by Crippen LogP contribution is -2.29. The summed E-state index contributed by atoms with van der Waals surface area (Å²) in [6, 6.07) is 18.1. The van der Waals surface area contributed by atoms with E-state index in [2.05, 4.69) is 33.1 Å². The van der Waals surface area contributed by atoms with Crippen molar-refractivity contribution in [2.75, 3.05) is 26.7 Å². The van der Waals surface area contributed by atoms with Crippen LogP contribution < -0.4 is 5.56 Å². The van der Waals surface area contributed by atoms with Crippen molar-refractivity contribution in [3.63, 3.8) is 0 Å². The number of aromatic amines is 2. The van der Waals surface area contributed by atoms with E-state index in [1.807, 2.05) is 48.3 Å². The van der Waals surface area contributed by atoms with E-state index in [9.17, 15) is 9.59 Å². The Balaban J connectivity index is 1.44. The maximum Gasteiger partial charge on any atom is 0.257 e. The number of carbonyl (C=O) groups is 1. The molecule has 1 aliphatic heterocycles. The normalized spacial score (nSPS) is 15.8. The average molecular weight is 400 g/mol. The van der Waals surface area contributed by atoms with Crippen LogP contribution in [0.5, 0.6) is 0 Å². The van der Waals surface area contributed by atoms with Gasteiger partial charge in [0.2, 0.25) is 5.91 Å². The Bertz CT molecular complexity index is 1300. The summed E-state index contributed by atoms with van der Waals surface area (Å²) in [5.74, 6) is 0.212. The molecular weight excluding hydrogens is 376 g/mol. The summed E-state index contributed by atoms with van der Waals surface area (Å²) in [5.41, 5.74) is 4.41. The summed E-state index contributed by atoms with van der Waals surface area (Å²) in [4.78, 5) is 35.0. The standard InChI is InChI=1S/C24H24N4O2/c1-27-10-11-28(9-8-23(27)29)15-16-6-7-21-18(12-16)14-22(25-21)19-13-17-4-2-3-5-20(17)26-24(19)30/h2-7,12-14,25H,8-11,15H2,1H3,(H,26,30). The quantitative estimate of drug-likeness (QED) is 0.554. The first-order chi connectivity index (χ1) is 14.6. The number of hydrogen-bond acceptors (Lipinski definition) is 3. The van der Waals surface area contributed by atoms with Crippen LogP contribution in [0.2, 0.25) is 0 Å². The Hall–Kier alpha value is -3.38. The van der Waals surface area contributed by atoms with E-state index >= 15 is 0 Å². The van der Waals surface area contributed by atoms with Crippen LogP contribution in [0, 0.1) is 0 Å². The summed E-state index contributed by atoms with van der Waals surface area (Å²) in [6.45, 7) is 3.24. The molecule has 2 aromatic carbocycles. The molecule has 3 heterocycles. The fourth-order valence-corrected chi connectivity index (χ4v) is 4.16. The van der Waals surface area contributed by atoms with Crippen molar-refractivity contribution in [3.8, 4) is 11.3 Å². The molecule has 0 radical (unpaired) electrons. The van der Waals surface area contributed by atoms with Gasteiger partial charge >= 0.3 is 0 Å². The highest BCUT2D eigenvalue weighted by atomic mass is 16.2. The summed E-state index contributed by atoms with van der Waals surface area (Å²) in [6.07, 6.45) is 0.567. The van der Waals surface area contributed by atoms with E-state index in [0.29, 0.717) is 12.0 Å². The number of fused-ring (bicyclic) bond motifs is 2. The summed E-state index contributed by atoms with van der Waals surface area (Å²) < 4.78 is 0. The SMILES string of the molecule is CN1CCN(Cc2ccc3[nH]c(-c4cc5ccccc5[nH]c4=O)cc3c2)CCC1=O. The topological polar surface area (TPSA) is 72.2 Å². The van der Waals surface area contributed by atoms with E-state index in [1.165, 1.54) is 5.56 Å². The van der Waals surface area contributed by atoms with Crippen LogP contribution in [-0.4, -0.2) is 52.4 Å². The first-order valence-electron chi connectivity index (χ1n) is 10.3. The molecule has 5 rings (SSSR count). The number of rotatable bonds is 3. The van der Waals surface area contributed by atoms with Gasteiger partial charge in [-0.1, -0.05) is 24.3 Å². The second-order valence-corrected chi connectivity index (χ2v) is 8.05. The second kappa shape index (κ2) is 7.46. The molecule has 1 aliphatic rings. The van der Waals surface area contributed by atoms with Crippen LogP contribution in [0.25, 0.3) is 33.1 Å². The lowest BCUT2D eigenvalue weighted by atomic mass is 10.1. The Morgan fingerprint density at radius 1 is 0.867 bits per heavy atom. The third-order valence-electron chi connectivity index (χ3n) is 5.95. The van der Waals surface area contributed by atoms with Crippen molar-refractivity contribution in [1.29, 1.82) is 0 Å². The minimum atomic E-state index is -0.0983. The van der Waals surface area contributed by atoms with Gasteiger partial charge in [0.1, 0.15) is 0 Å². The number of carbonyl (C=O) groups excluding carboxylic acids is 1. The molecule has 6 nitrogen and oxygen atoms in total. The van der Waals surface area contributed by atoms with Gasteiger partial charge in [-0.15, -0.1) is 0 Å². The van der Waals surface area contributed by atoms with Crippen LogP contribution in [0.1, 0.15) is 12.0 Å². The van der Waals surface area contributed by atoms with Gasteiger partial charge in [0.15, 0.2) is 0 Å². The van der Waals surface area contributed by atoms with Gasteiger partial charge in [-0.05, 0) is 41.3 Å². The number of para-hydroxylation sites is 1. The Morgan fingerprint density at radius 2 is 1.70 bits per heavy atom. The van der Waals surface area contributed by atoms with Crippen LogP contribution in [0.3, 0.4) is 0 Å². The maximum absolute atomic E-state index is 12.6. The smallest absolute Gasteiger partial charge is 0.257 e. The third kappa shape index (κ3) is 3.50. The first kappa shape index (κ1) is 18.6. The van der Waals surface area contributed by atoms with Crippen LogP contribution in [-0.2, 0) is 11.3 Å². The number of hydrogen-bond donors (Lipinski definition) is 2. The molecule has 1 saturated heterocycles. The molecule has 0 aliphatic carbocycles. The molecule has 0 unspecified atom stereocenters. The number of nitrogens with one attached hydrogen (secondary N) is 2. The largest absolute Gasteiger partial charge is 0.354 e. The fraction of sp³-hybridized carbons (Fsp3) is 0.250. The number of likely N-dealkylation sites (N-methyl/N-ethyl adjacent to an activating group) is 1. The van der Waals surface area contributed by atoms with Gasteiger partial charge in [0, 0.05) is 56.1 Å². The highest BCUT2D eigenvalue weighted by molar-refractivity contribution is 5.89. The highest BCUT2D eigenvalue weighted by Gasteiger charge is 2.18. The zero-order valence-electron chi connectivity index (χ0n) is 16.9. The number of amides is 1. The molecule has 0 saturated carbocycles. The van der Waals surface area contributed by atoms with E-state index in [-0.39, 0.29) is 11.5 Å². The van der Waals surface area contributed by atoms with Gasteiger partial charge in [-0.3, -0.25) is 14.5 Å². The molecule has 152 valence electrons. The third-order valence-corrected chi connectivity index (χ3v) is 5.95. The Kier molecular flexibility index (Phi) is 4.64. The van der Waals surface area contributed by atoms with E-state index in [0.717, 1.165) is 53.7 Å². The molecular formula is C24H24N4O2. The van der Waals surface area contributed by atoms with Crippen molar-refractivity contribution in [2.24, 2.45) is 0 Å². The maximum atomic E-state index is 12.6. The number of pyridine rings is 1. The van der Waals surface area contributed by atoms with Crippen molar-refractivity contribution >= 4 is 27.7 Å². The zero-order chi connectivity index (χ0) is 20.7. The Labute approximate surface area is 174 Å². The number of aromatic nitrogens is 2. The summed E-state index contributed by atoms with van der Waals surface area (Å²) >= 11 is 0. The van der Waals surface area contributed by atoms with Gasteiger partial charge in [0.25, 0.3) is 5.56 Å². The van der Waals surface area contributed by atoms with Gasteiger partial charge in [-0.2, -0.15) is 0 Å². The van der Waals surface area contributed by atoms with Crippen molar-refractivity contribution in [2.45, 2.75) is 13.0 Å². The molecule has 1 fully saturated rings. The van der Waals surface area contributed by atoms with Gasteiger partial charge in [0.05, 0.1) is 11.3 Å². The highest BCUT2D eigenvalue weighted by Crippen LogP contribution is 2.25. The molecule has 4 aromatic rings. The molecule has 0 spiro atoms. The molecule has 0 atom stereocenters. The summed E-state index contributed by atoms with van der Waals surface area (Å²) in [7, 11) is 1.87. The predicted octanol–water partition coefficient (Wildman–Crippen LogP) is 3.34. The van der Waals surface area contributed by atoms with Gasteiger partial charge in [-0.25, -0.2) is 0 Å². The van der Waals surface area contributed by atoms with E-state index in [4.69, 9.17) is 0 Å². The fourth-order valence-electron chi connectivity index (χ4n) is 4.16. The number of H-pyrrole nitrogens is 2. The number of benzene rings is 2. The first-order valence-corrected chi connectivity index (χ1v) is 10.3. The predicted molar refractivity (Wildman–Crippen MR) is 119 cm³/mol. The van der Waals surface area contributed by atoms with Gasteiger partial charge < -0.3 is 14.9 Å². The van der Waals surface area contributed by atoms with Crippen LogP contribution in [0.15, 0.2) is 59.4 Å². The molecule has 0 bridgehead atoms. The second-order valence-electron chi connectivity index (χ2n) is 8.05. The summed E-state index contributed by atoms with van der Waals surface area (Å²) in [5, 5.41) is 2.09. The van der Waals surface area contributed by atoms with Crippen molar-refractivity contribution < 1.29 is 4.79 Å². The van der Waals surface area contributed by atoms with Crippen LogP contribution in [0.4, 0.5) is 0 Å². The lowest BCUT2D eigenvalue weighted by Gasteiger charge is -2.19. The van der Waals surface area contributed by atoms with E-state index < -0.39 is 0 Å². The van der Waals surface area contributed by atoms with Crippen molar-refractivity contribution in [1.82, 2.24) is 19.8 Å². The zero-order valence-corrected chi connectivity index (χ0v) is 16.9. The van der Waals surface area contributed by atoms with Crippen molar-refractivity contribution in [3.05, 3.63) is 70.5 Å². The van der Waals surface area contributed by atoms with Crippen LogP contribution >= 0.6 is 0 Å². The molecule has 2 aromatic heterocycles. The number of nitrogens with zero attached hydrogens (tertiary/aromatic N) is 2. The Morgan fingerprint density at radius 3 is 2.60 bits per heavy atom. The van der Waals surface area contributed by atoms with E-state index in [1.54, 1.807) is 0 Å². The molecule has 2 N–H and O–H groups in total. The minimum absolute atomic E-state index is 0.0983. The lowest BCUT2D eigenvalue weighted by molar-refractivity contribution is -0.129. The monoisotopic (exact) mass is 400 g/mol. The molecule has 6 heteroatoms. The molecule has 30 heavy (non-hydrogen) atoms.